The monoisotopic (exact) mass is 454 g/mol. The van der Waals surface area contributed by atoms with E-state index in [1.807, 2.05) is 47.9 Å². The number of halogens is 3. The van der Waals surface area contributed by atoms with Crippen molar-refractivity contribution in [3.05, 3.63) is 83.5 Å². The molecule has 0 fully saturated rings. The highest BCUT2D eigenvalue weighted by molar-refractivity contribution is 5.87. The molecule has 33 heavy (non-hydrogen) atoms. The van der Waals surface area contributed by atoms with E-state index >= 15 is 0 Å². The molecule has 0 aliphatic heterocycles. The molecule has 1 unspecified atom stereocenters. The number of nitrogens with zero attached hydrogens (tertiary/aromatic N) is 3. The third-order valence-electron chi connectivity index (χ3n) is 5.21. The number of hydrogen-bond donors (Lipinski definition) is 3. The van der Waals surface area contributed by atoms with E-state index in [4.69, 9.17) is 5.73 Å². The van der Waals surface area contributed by atoms with Crippen LogP contribution in [0.25, 0.3) is 16.7 Å². The maximum absolute atomic E-state index is 12.7. The smallest absolute Gasteiger partial charge is 0.403 e. The Bertz CT molecular complexity index is 1200. The zero-order valence-corrected chi connectivity index (χ0v) is 18.3. The van der Waals surface area contributed by atoms with Crippen molar-refractivity contribution in [3.63, 3.8) is 0 Å². The van der Waals surface area contributed by atoms with Gasteiger partial charge in [0, 0.05) is 35.6 Å². The SMILES string of the molecule is CCc1cnc2c(c1)c(C#N)c(C/C=C\C(=C/N)NNC(C)C(F)(F)F)n2-c1ccccc1. The summed E-state index contributed by atoms with van der Waals surface area (Å²) in [6.45, 7) is 3.02. The van der Waals surface area contributed by atoms with Gasteiger partial charge >= 0.3 is 6.18 Å². The van der Waals surface area contributed by atoms with Gasteiger partial charge in [-0.3, -0.25) is 4.57 Å². The Morgan fingerprint density at radius 2 is 2.03 bits per heavy atom. The topological polar surface area (TPSA) is 91.7 Å². The molecule has 0 radical (unpaired) electrons. The fourth-order valence-corrected chi connectivity index (χ4v) is 3.33. The highest BCUT2D eigenvalue weighted by Gasteiger charge is 2.35. The lowest BCUT2D eigenvalue weighted by atomic mass is 10.1. The summed E-state index contributed by atoms with van der Waals surface area (Å²) in [4.78, 5) is 4.62. The number of rotatable bonds is 8. The van der Waals surface area contributed by atoms with Crippen LogP contribution in [0.5, 0.6) is 0 Å². The largest absolute Gasteiger partial charge is 0.405 e. The molecule has 3 aromatic rings. The van der Waals surface area contributed by atoms with E-state index < -0.39 is 12.2 Å². The van der Waals surface area contributed by atoms with Gasteiger partial charge in [-0.25, -0.2) is 10.4 Å². The van der Waals surface area contributed by atoms with E-state index in [1.165, 1.54) is 6.20 Å². The number of nitriles is 1. The molecule has 6 nitrogen and oxygen atoms in total. The fraction of sp³-hybridized carbons (Fsp3) is 0.250. The summed E-state index contributed by atoms with van der Waals surface area (Å²) in [5.41, 5.74) is 14.3. The van der Waals surface area contributed by atoms with Crippen LogP contribution in [-0.2, 0) is 12.8 Å². The zero-order valence-electron chi connectivity index (χ0n) is 18.3. The van der Waals surface area contributed by atoms with Crippen molar-refractivity contribution in [2.45, 2.75) is 38.9 Å². The number of hydrazine groups is 1. The summed E-state index contributed by atoms with van der Waals surface area (Å²) < 4.78 is 40.1. The summed E-state index contributed by atoms with van der Waals surface area (Å²) in [6, 6.07) is 12.1. The average Bonchev–Trinajstić information content (AvgIpc) is 3.13. The minimum absolute atomic E-state index is 0.262. The molecule has 0 spiro atoms. The number of alkyl halides is 3. The predicted octanol–water partition coefficient (Wildman–Crippen LogP) is 4.40. The van der Waals surface area contributed by atoms with Gasteiger partial charge in [-0.05, 0) is 43.2 Å². The first-order valence-electron chi connectivity index (χ1n) is 10.4. The number of hydrogen-bond acceptors (Lipinski definition) is 5. The summed E-state index contributed by atoms with van der Waals surface area (Å²) in [5, 5.41) is 10.7. The third-order valence-corrected chi connectivity index (χ3v) is 5.21. The molecule has 0 aliphatic rings. The molecular weight excluding hydrogens is 429 g/mol. The number of allylic oxidation sites excluding steroid dienone is 2. The first-order valence-corrected chi connectivity index (χ1v) is 10.4. The van der Waals surface area contributed by atoms with Gasteiger partial charge in [-0.1, -0.05) is 31.2 Å². The highest BCUT2D eigenvalue weighted by Crippen LogP contribution is 2.29. The van der Waals surface area contributed by atoms with Crippen molar-refractivity contribution in [2.24, 2.45) is 5.73 Å². The number of nitrogens with two attached hydrogens (primary N) is 1. The molecule has 1 aromatic carbocycles. The molecule has 3 rings (SSSR count). The first-order chi connectivity index (χ1) is 15.8. The van der Waals surface area contributed by atoms with Gasteiger partial charge < -0.3 is 11.2 Å². The van der Waals surface area contributed by atoms with E-state index in [1.54, 1.807) is 18.3 Å². The van der Waals surface area contributed by atoms with Crippen molar-refractivity contribution in [3.8, 4) is 11.8 Å². The number of para-hydroxylation sites is 1. The highest BCUT2D eigenvalue weighted by atomic mass is 19.4. The van der Waals surface area contributed by atoms with Crippen LogP contribution in [0.15, 0.2) is 66.6 Å². The van der Waals surface area contributed by atoms with E-state index in [9.17, 15) is 18.4 Å². The quantitative estimate of drug-likeness (QED) is 0.347. The second-order valence-corrected chi connectivity index (χ2v) is 7.43. The lowest BCUT2D eigenvalue weighted by Crippen LogP contribution is -2.46. The molecular formula is C24H25F3N6. The number of aromatic nitrogens is 2. The van der Waals surface area contributed by atoms with E-state index in [0.717, 1.165) is 35.7 Å². The van der Waals surface area contributed by atoms with E-state index in [-0.39, 0.29) is 5.70 Å². The Kier molecular flexibility index (Phi) is 7.41. The van der Waals surface area contributed by atoms with E-state index in [2.05, 4.69) is 21.9 Å². The molecule has 0 amide bonds. The number of benzene rings is 1. The minimum atomic E-state index is -4.39. The molecule has 0 saturated heterocycles. The molecule has 0 saturated carbocycles. The molecule has 172 valence electrons. The zero-order chi connectivity index (χ0) is 24.0. The van der Waals surface area contributed by atoms with Crippen molar-refractivity contribution >= 4 is 11.0 Å². The molecule has 1 atom stereocenters. The van der Waals surface area contributed by atoms with Gasteiger partial charge in [-0.15, -0.1) is 0 Å². The molecule has 0 bridgehead atoms. The number of nitrogens with one attached hydrogen (secondary N) is 2. The average molecular weight is 455 g/mol. The van der Waals surface area contributed by atoms with Crippen LogP contribution in [0.3, 0.4) is 0 Å². The lowest BCUT2D eigenvalue weighted by molar-refractivity contribution is -0.153. The standard InChI is InChI=1S/C24H25F3N6/c1-3-17-12-20-21(14-29)22(33(23(20)30-15-17)19-9-5-4-6-10-19)11-7-8-18(13-28)32-31-16(2)24(25,26)27/h4-10,12-13,15-16,31-32H,3,11,28H2,1-2H3/b8-7-,18-13+. The molecule has 2 heterocycles. The van der Waals surface area contributed by atoms with Gasteiger partial charge in [0.15, 0.2) is 0 Å². The van der Waals surface area contributed by atoms with Crippen molar-refractivity contribution in [1.82, 2.24) is 20.4 Å². The van der Waals surface area contributed by atoms with Crippen molar-refractivity contribution in [1.29, 1.82) is 5.26 Å². The summed E-state index contributed by atoms with van der Waals surface area (Å²) >= 11 is 0. The van der Waals surface area contributed by atoms with Crippen LogP contribution in [0.2, 0.25) is 0 Å². The lowest BCUT2D eigenvalue weighted by Gasteiger charge is -2.18. The number of pyridine rings is 1. The Morgan fingerprint density at radius 3 is 2.64 bits per heavy atom. The van der Waals surface area contributed by atoms with Crippen molar-refractivity contribution in [2.75, 3.05) is 0 Å². The molecule has 0 aliphatic carbocycles. The van der Waals surface area contributed by atoms with Crippen LogP contribution >= 0.6 is 0 Å². The Hall–Kier alpha value is -3.77. The Labute approximate surface area is 190 Å². The fourth-order valence-electron chi connectivity index (χ4n) is 3.33. The maximum Gasteiger partial charge on any atom is 0.405 e. The van der Waals surface area contributed by atoms with Gasteiger partial charge in [0.1, 0.15) is 17.8 Å². The molecule has 9 heteroatoms. The van der Waals surface area contributed by atoms with E-state index in [0.29, 0.717) is 17.6 Å². The minimum Gasteiger partial charge on any atom is -0.403 e. The van der Waals surface area contributed by atoms with Crippen LogP contribution in [0, 0.1) is 11.3 Å². The van der Waals surface area contributed by atoms with Gasteiger partial charge in [0.05, 0.1) is 11.3 Å². The first kappa shape index (κ1) is 23.9. The number of fused-ring (bicyclic) bond motifs is 1. The van der Waals surface area contributed by atoms with Gasteiger partial charge in [-0.2, -0.15) is 18.4 Å². The summed E-state index contributed by atoms with van der Waals surface area (Å²) in [5.74, 6) is 0. The van der Waals surface area contributed by atoms with Crippen LogP contribution in [-0.4, -0.2) is 21.8 Å². The molecule has 4 N–H and O–H groups in total. The van der Waals surface area contributed by atoms with Gasteiger partial charge in [0.25, 0.3) is 0 Å². The maximum atomic E-state index is 12.7. The second kappa shape index (κ2) is 10.2. The number of aryl methyl sites for hydroxylation is 1. The molecule has 2 aromatic heterocycles. The Balaban J connectivity index is 1.96. The van der Waals surface area contributed by atoms with Crippen LogP contribution < -0.4 is 16.6 Å². The van der Waals surface area contributed by atoms with Crippen LogP contribution in [0.4, 0.5) is 13.2 Å². The second-order valence-electron chi connectivity index (χ2n) is 7.43. The normalized spacial score (nSPS) is 13.4. The Morgan fingerprint density at radius 1 is 1.30 bits per heavy atom. The predicted molar refractivity (Wildman–Crippen MR) is 122 cm³/mol. The summed E-state index contributed by atoms with van der Waals surface area (Å²) in [6.07, 6.45) is 3.01. The van der Waals surface area contributed by atoms with Gasteiger partial charge in [0.2, 0.25) is 0 Å². The van der Waals surface area contributed by atoms with Crippen LogP contribution in [0.1, 0.15) is 30.7 Å². The third kappa shape index (κ3) is 5.35. The summed E-state index contributed by atoms with van der Waals surface area (Å²) in [7, 11) is 0. The van der Waals surface area contributed by atoms with Crippen molar-refractivity contribution < 1.29 is 13.2 Å².